The number of ether oxygens (including phenoxy) is 2. The van der Waals surface area contributed by atoms with Crippen molar-refractivity contribution >= 4 is 0 Å². The van der Waals surface area contributed by atoms with E-state index in [1.807, 2.05) is 25.1 Å². The summed E-state index contributed by atoms with van der Waals surface area (Å²) in [5.41, 5.74) is 0.850. The highest BCUT2D eigenvalue weighted by atomic mass is 19.3. The number of nitrogens with zero attached hydrogens (tertiary/aromatic N) is 1. The number of alkyl halides is 2. The predicted octanol–water partition coefficient (Wildman–Crippen LogP) is 6.92. The normalized spacial score (nSPS) is 12.8. The van der Waals surface area contributed by atoms with Crippen LogP contribution in [0.1, 0.15) is 37.4 Å². The third-order valence-corrected chi connectivity index (χ3v) is 5.33. The second kappa shape index (κ2) is 10.7. The Kier molecular flexibility index (Phi) is 7.77. The highest BCUT2D eigenvalue weighted by Crippen LogP contribution is 2.34. The molecule has 1 unspecified atom stereocenters. The van der Waals surface area contributed by atoms with Gasteiger partial charge in [0.05, 0.1) is 5.41 Å². The number of benzene rings is 2. The van der Waals surface area contributed by atoms with Gasteiger partial charge in [-0.05, 0) is 61.6 Å². The first kappa shape index (κ1) is 23.2. The molecule has 1 aromatic heterocycles. The predicted molar refractivity (Wildman–Crippen MR) is 118 cm³/mol. The molecule has 3 aromatic rings. The lowest BCUT2D eigenvalue weighted by molar-refractivity contribution is -0.0498. The van der Waals surface area contributed by atoms with E-state index in [1.165, 1.54) is 24.3 Å². The Morgan fingerprint density at radius 3 is 2.38 bits per heavy atom. The van der Waals surface area contributed by atoms with Crippen molar-refractivity contribution in [3.05, 3.63) is 83.8 Å². The molecule has 32 heavy (non-hydrogen) atoms. The van der Waals surface area contributed by atoms with E-state index in [0.717, 1.165) is 5.56 Å². The highest BCUT2D eigenvalue weighted by Gasteiger charge is 2.27. The largest absolute Gasteiger partial charge is 0.439 e. The molecule has 0 bridgehead atoms. The average Bonchev–Trinajstić information content (AvgIpc) is 2.78. The molecule has 166 valence electrons. The van der Waals surface area contributed by atoms with E-state index < -0.39 is 17.8 Å². The van der Waals surface area contributed by atoms with Gasteiger partial charge in [-0.1, -0.05) is 43.2 Å². The molecule has 0 aliphatic rings. The molecule has 0 aliphatic heterocycles. The highest BCUT2D eigenvalue weighted by molar-refractivity contribution is 5.38. The second-order valence-electron chi connectivity index (χ2n) is 7.37. The van der Waals surface area contributed by atoms with E-state index >= 15 is 0 Å². The number of pyridine rings is 1. The number of halogens is 3. The van der Waals surface area contributed by atoms with Gasteiger partial charge in [0.1, 0.15) is 17.3 Å². The maximum absolute atomic E-state index is 14.1. The van der Waals surface area contributed by atoms with Crippen LogP contribution in [0.2, 0.25) is 0 Å². The molecule has 2 aromatic carbocycles. The van der Waals surface area contributed by atoms with Gasteiger partial charge in [-0.3, -0.25) is 0 Å². The number of terminal acetylenes is 1. The third-order valence-electron chi connectivity index (χ3n) is 5.33. The number of para-hydroxylation sites is 1. The summed E-state index contributed by atoms with van der Waals surface area (Å²) < 4.78 is 49.0. The molecule has 0 amide bonds. The first-order valence-corrected chi connectivity index (χ1v) is 10.4. The third kappa shape index (κ3) is 6.04. The SMILES string of the molecule is C#CC(CC)(CCCc1cc(F)cc(Oc2ccccc2)n1)c1ccc(OC(F)F)cc1. The Hall–Kier alpha value is -3.46. The Morgan fingerprint density at radius 1 is 1.03 bits per heavy atom. The first-order valence-electron chi connectivity index (χ1n) is 10.4. The van der Waals surface area contributed by atoms with Gasteiger partial charge in [-0.2, -0.15) is 8.78 Å². The first-order chi connectivity index (χ1) is 15.4. The lowest BCUT2D eigenvalue weighted by Crippen LogP contribution is -2.23. The quantitative estimate of drug-likeness (QED) is 0.321. The van der Waals surface area contributed by atoms with Crippen molar-refractivity contribution in [1.82, 2.24) is 4.98 Å². The lowest BCUT2D eigenvalue weighted by atomic mass is 9.75. The molecule has 0 saturated carbocycles. The summed E-state index contributed by atoms with van der Waals surface area (Å²) in [4.78, 5) is 4.41. The molecule has 3 nitrogen and oxygen atoms in total. The zero-order valence-corrected chi connectivity index (χ0v) is 17.7. The summed E-state index contributed by atoms with van der Waals surface area (Å²) in [6.45, 7) is -0.894. The number of aryl methyl sites for hydroxylation is 1. The number of rotatable bonds is 10. The summed E-state index contributed by atoms with van der Waals surface area (Å²) in [5, 5.41) is 0. The van der Waals surface area contributed by atoms with Crippen LogP contribution >= 0.6 is 0 Å². The van der Waals surface area contributed by atoms with E-state index in [2.05, 4.69) is 15.6 Å². The van der Waals surface area contributed by atoms with E-state index in [9.17, 15) is 13.2 Å². The Morgan fingerprint density at radius 2 is 1.75 bits per heavy atom. The molecule has 0 N–H and O–H groups in total. The van der Waals surface area contributed by atoms with Gasteiger partial charge in [0.2, 0.25) is 5.88 Å². The number of aromatic nitrogens is 1. The standard InChI is InChI=1S/C26H24F3NO2/c1-3-26(4-2,19-12-14-23(15-13-19)32-25(28)29)16-8-9-21-17-20(27)18-24(30-21)31-22-10-6-5-7-11-22/h1,5-7,10-15,17-18,25H,4,8-9,16H2,2H3. The van der Waals surface area contributed by atoms with Gasteiger partial charge in [-0.25, -0.2) is 9.37 Å². The van der Waals surface area contributed by atoms with Gasteiger partial charge in [0.15, 0.2) is 0 Å². The van der Waals surface area contributed by atoms with Crippen LogP contribution < -0.4 is 9.47 Å². The summed E-state index contributed by atoms with van der Waals surface area (Å²) >= 11 is 0. The summed E-state index contributed by atoms with van der Waals surface area (Å²) in [6, 6.07) is 18.1. The van der Waals surface area contributed by atoms with E-state index in [-0.39, 0.29) is 11.6 Å². The minimum absolute atomic E-state index is 0.0840. The number of hydrogen-bond acceptors (Lipinski definition) is 3. The van der Waals surface area contributed by atoms with Gasteiger partial charge < -0.3 is 9.47 Å². The van der Waals surface area contributed by atoms with Crippen molar-refractivity contribution in [3.63, 3.8) is 0 Å². The molecule has 0 fully saturated rings. The zero-order valence-electron chi connectivity index (χ0n) is 17.7. The maximum Gasteiger partial charge on any atom is 0.387 e. The Bertz CT molecular complexity index is 1050. The molecule has 0 aliphatic carbocycles. The molecular weight excluding hydrogens is 415 g/mol. The van der Waals surface area contributed by atoms with Crippen molar-refractivity contribution in [2.24, 2.45) is 0 Å². The van der Waals surface area contributed by atoms with Crippen LogP contribution in [0.4, 0.5) is 13.2 Å². The van der Waals surface area contributed by atoms with Gasteiger partial charge in [-0.15, -0.1) is 6.42 Å². The van der Waals surface area contributed by atoms with E-state index in [0.29, 0.717) is 37.1 Å². The fourth-order valence-electron chi connectivity index (χ4n) is 3.62. The van der Waals surface area contributed by atoms with Crippen LogP contribution in [-0.2, 0) is 11.8 Å². The molecule has 0 radical (unpaired) electrons. The van der Waals surface area contributed by atoms with Crippen molar-refractivity contribution in [1.29, 1.82) is 0 Å². The monoisotopic (exact) mass is 439 g/mol. The molecule has 0 spiro atoms. The molecular formula is C26H24F3NO2. The fraction of sp³-hybridized carbons (Fsp3) is 0.269. The van der Waals surface area contributed by atoms with Crippen LogP contribution in [0, 0.1) is 18.2 Å². The average molecular weight is 439 g/mol. The summed E-state index contributed by atoms with van der Waals surface area (Å²) in [7, 11) is 0. The van der Waals surface area contributed by atoms with Crippen molar-refractivity contribution in [2.45, 2.75) is 44.6 Å². The van der Waals surface area contributed by atoms with E-state index in [4.69, 9.17) is 11.2 Å². The minimum atomic E-state index is -2.88. The second-order valence-corrected chi connectivity index (χ2v) is 7.37. The van der Waals surface area contributed by atoms with Gasteiger partial charge in [0.25, 0.3) is 0 Å². The van der Waals surface area contributed by atoms with Crippen LogP contribution in [0.5, 0.6) is 17.4 Å². The van der Waals surface area contributed by atoms with Crippen LogP contribution in [-0.4, -0.2) is 11.6 Å². The summed E-state index contributed by atoms with van der Waals surface area (Å²) in [5.74, 6) is 3.31. The maximum atomic E-state index is 14.1. The van der Waals surface area contributed by atoms with Crippen molar-refractivity contribution < 1.29 is 22.6 Å². The molecule has 0 saturated heterocycles. The smallest absolute Gasteiger partial charge is 0.387 e. The fourth-order valence-corrected chi connectivity index (χ4v) is 3.62. The van der Waals surface area contributed by atoms with E-state index in [1.54, 1.807) is 24.3 Å². The number of hydrogen-bond donors (Lipinski definition) is 0. The Balaban J connectivity index is 1.68. The van der Waals surface area contributed by atoms with Crippen LogP contribution in [0.15, 0.2) is 66.7 Å². The Labute approximate surface area is 186 Å². The molecule has 1 atom stereocenters. The van der Waals surface area contributed by atoms with Gasteiger partial charge in [0, 0.05) is 11.8 Å². The van der Waals surface area contributed by atoms with Crippen molar-refractivity contribution in [3.8, 4) is 29.7 Å². The minimum Gasteiger partial charge on any atom is -0.439 e. The topological polar surface area (TPSA) is 31.4 Å². The zero-order chi connectivity index (χ0) is 23.0. The van der Waals surface area contributed by atoms with Crippen molar-refractivity contribution in [2.75, 3.05) is 0 Å². The molecule has 6 heteroatoms. The van der Waals surface area contributed by atoms with Gasteiger partial charge >= 0.3 is 6.61 Å². The summed E-state index contributed by atoms with van der Waals surface area (Å²) in [6.07, 6.45) is 8.35. The van der Waals surface area contributed by atoms with Crippen LogP contribution in [0.25, 0.3) is 0 Å². The lowest BCUT2D eigenvalue weighted by Gasteiger charge is -2.28. The molecule has 1 heterocycles. The molecule has 3 rings (SSSR count). The van der Waals surface area contributed by atoms with Crippen LogP contribution in [0.3, 0.4) is 0 Å².